The minimum atomic E-state index is -2.42. The molecular weight excluding hydrogens is 251 g/mol. The van der Waals surface area contributed by atoms with Crippen molar-refractivity contribution in [2.45, 2.75) is 22.8 Å². The van der Waals surface area contributed by atoms with Crippen molar-refractivity contribution in [2.75, 3.05) is 13.6 Å². The van der Waals surface area contributed by atoms with Crippen molar-refractivity contribution in [3.8, 4) is 0 Å². The van der Waals surface area contributed by atoms with Crippen molar-refractivity contribution in [1.82, 2.24) is 4.90 Å². The Kier molecular flexibility index (Phi) is 2.50. The van der Waals surface area contributed by atoms with E-state index in [4.69, 9.17) is 0 Å². The van der Waals surface area contributed by atoms with Crippen LogP contribution in [0.4, 0.5) is 8.78 Å². The van der Waals surface area contributed by atoms with Crippen LogP contribution >= 0.6 is 22.6 Å². The van der Waals surface area contributed by atoms with Gasteiger partial charge in [0.05, 0.1) is 4.05 Å². The summed E-state index contributed by atoms with van der Waals surface area (Å²) in [6, 6.07) is 0. The molecule has 0 aromatic carbocycles. The van der Waals surface area contributed by atoms with E-state index in [0.29, 0.717) is 6.54 Å². The number of hydrogen-bond donors (Lipinski definition) is 0. The van der Waals surface area contributed by atoms with Crippen LogP contribution in [-0.4, -0.2) is 28.5 Å². The highest BCUT2D eigenvalue weighted by Crippen LogP contribution is 2.33. The van der Waals surface area contributed by atoms with Gasteiger partial charge in [0.2, 0.25) is 0 Å². The summed E-state index contributed by atoms with van der Waals surface area (Å²) in [5.74, 6) is -2.42. The zero-order valence-electron chi connectivity index (χ0n) is 5.78. The third-order valence-electron chi connectivity index (χ3n) is 1.78. The molecule has 0 saturated carbocycles. The third-order valence-corrected chi connectivity index (χ3v) is 3.17. The molecule has 0 radical (unpaired) electrons. The van der Waals surface area contributed by atoms with Crippen molar-refractivity contribution >= 4 is 22.6 Å². The summed E-state index contributed by atoms with van der Waals surface area (Å²) in [5.41, 5.74) is 0. The summed E-state index contributed by atoms with van der Waals surface area (Å²) in [6.07, 6.45) is 0.0209. The van der Waals surface area contributed by atoms with Gasteiger partial charge in [0.25, 0.3) is 5.92 Å². The largest absolute Gasteiger partial charge is 0.294 e. The number of alkyl halides is 3. The smallest absolute Gasteiger partial charge is 0.251 e. The number of piperidine rings is 1. The molecule has 0 amide bonds. The normalized spacial score (nSPS) is 34.2. The molecule has 1 atom stereocenters. The Morgan fingerprint density at radius 3 is 2.60 bits per heavy atom. The fourth-order valence-electron chi connectivity index (χ4n) is 0.984. The van der Waals surface area contributed by atoms with Crippen LogP contribution in [0.15, 0.2) is 0 Å². The lowest BCUT2D eigenvalue weighted by Gasteiger charge is -2.33. The maximum atomic E-state index is 12.6. The third kappa shape index (κ3) is 2.02. The van der Waals surface area contributed by atoms with Crippen LogP contribution < -0.4 is 0 Å². The van der Waals surface area contributed by atoms with Crippen LogP contribution in [0.25, 0.3) is 0 Å². The summed E-state index contributed by atoms with van der Waals surface area (Å²) in [4.78, 5) is 1.96. The van der Waals surface area contributed by atoms with E-state index in [1.807, 2.05) is 11.9 Å². The van der Waals surface area contributed by atoms with Gasteiger partial charge in [-0.05, 0) is 7.05 Å². The minimum absolute atomic E-state index is 0.00125. The molecule has 0 spiro atoms. The summed E-state index contributed by atoms with van der Waals surface area (Å²) in [6.45, 7) is 0.514. The molecule has 1 fully saturated rings. The Hall–Kier alpha value is 0.550. The van der Waals surface area contributed by atoms with Gasteiger partial charge < -0.3 is 0 Å². The van der Waals surface area contributed by atoms with Crippen molar-refractivity contribution in [3.05, 3.63) is 0 Å². The molecule has 0 bridgehead atoms. The predicted octanol–water partition coefficient (Wildman–Crippen LogP) is 2.11. The van der Waals surface area contributed by atoms with E-state index in [-0.39, 0.29) is 16.9 Å². The Morgan fingerprint density at radius 2 is 2.20 bits per heavy atom. The lowest BCUT2D eigenvalue weighted by atomic mass is 10.1. The van der Waals surface area contributed by atoms with E-state index in [1.165, 1.54) is 0 Å². The van der Waals surface area contributed by atoms with Gasteiger partial charge >= 0.3 is 0 Å². The number of likely N-dealkylation sites (tertiary alicyclic amines) is 1. The fraction of sp³-hybridized carbons (Fsp3) is 1.00. The Morgan fingerprint density at radius 1 is 1.60 bits per heavy atom. The summed E-state index contributed by atoms with van der Waals surface area (Å²) in [5, 5.41) is 0. The molecule has 4 heteroatoms. The molecule has 10 heavy (non-hydrogen) atoms. The molecule has 1 nitrogen and oxygen atoms in total. The van der Waals surface area contributed by atoms with Crippen LogP contribution in [0.5, 0.6) is 0 Å². The summed E-state index contributed by atoms with van der Waals surface area (Å²) in [7, 11) is 1.88. The number of rotatable bonds is 0. The quantitative estimate of drug-likeness (QED) is 0.366. The van der Waals surface area contributed by atoms with Crippen LogP contribution in [0.3, 0.4) is 0 Å². The first kappa shape index (κ1) is 8.64. The lowest BCUT2D eigenvalue weighted by Crippen LogP contribution is -2.41. The second kappa shape index (κ2) is 2.89. The zero-order chi connectivity index (χ0) is 7.78. The molecule has 0 N–H and O–H groups in total. The first-order valence-corrected chi connectivity index (χ1v) is 4.48. The fourth-order valence-corrected chi connectivity index (χ4v) is 1.91. The second-order valence-corrected chi connectivity index (χ2v) is 4.16. The maximum Gasteiger partial charge on any atom is 0.251 e. The maximum absolute atomic E-state index is 12.6. The first-order chi connectivity index (χ1) is 4.51. The highest BCUT2D eigenvalue weighted by molar-refractivity contribution is 14.1. The van der Waals surface area contributed by atoms with Gasteiger partial charge in [-0.2, -0.15) is 0 Å². The van der Waals surface area contributed by atoms with Gasteiger partial charge in [0.1, 0.15) is 0 Å². The molecule has 60 valence electrons. The van der Waals surface area contributed by atoms with E-state index >= 15 is 0 Å². The topological polar surface area (TPSA) is 3.24 Å². The van der Waals surface area contributed by atoms with Gasteiger partial charge in [-0.3, -0.25) is 4.90 Å². The highest BCUT2D eigenvalue weighted by atomic mass is 127. The van der Waals surface area contributed by atoms with Gasteiger partial charge in [-0.1, -0.05) is 22.6 Å². The minimum Gasteiger partial charge on any atom is -0.294 e. The average molecular weight is 261 g/mol. The SMILES string of the molecule is CN1CCC(F)(F)CC1I. The molecule has 1 rings (SSSR count). The second-order valence-electron chi connectivity index (χ2n) is 2.73. The Balaban J connectivity index is 2.49. The predicted molar refractivity (Wildman–Crippen MR) is 44.6 cm³/mol. The highest BCUT2D eigenvalue weighted by Gasteiger charge is 2.37. The number of hydrogen-bond acceptors (Lipinski definition) is 1. The van der Waals surface area contributed by atoms with Crippen molar-refractivity contribution < 1.29 is 8.78 Å². The molecule has 1 aliphatic rings. The Labute approximate surface area is 72.9 Å². The molecule has 1 unspecified atom stereocenters. The van der Waals surface area contributed by atoms with E-state index in [0.717, 1.165) is 0 Å². The van der Waals surface area contributed by atoms with E-state index in [2.05, 4.69) is 22.6 Å². The molecule has 1 saturated heterocycles. The molecule has 1 aliphatic heterocycles. The van der Waals surface area contributed by atoms with Crippen molar-refractivity contribution in [2.24, 2.45) is 0 Å². The lowest BCUT2D eigenvalue weighted by molar-refractivity contribution is -0.0538. The Bertz CT molecular complexity index is 129. The van der Waals surface area contributed by atoms with Crippen molar-refractivity contribution in [1.29, 1.82) is 0 Å². The molecular formula is C6H10F2IN. The number of halogens is 3. The standard InChI is InChI=1S/C6H10F2IN/c1-10-3-2-6(7,8)4-5(10)9/h5H,2-4H2,1H3. The molecule has 1 heterocycles. The van der Waals surface area contributed by atoms with Crippen LogP contribution in [0.1, 0.15) is 12.8 Å². The van der Waals surface area contributed by atoms with E-state index in [1.54, 1.807) is 0 Å². The monoisotopic (exact) mass is 261 g/mol. The van der Waals surface area contributed by atoms with Crippen molar-refractivity contribution in [3.63, 3.8) is 0 Å². The van der Waals surface area contributed by atoms with E-state index in [9.17, 15) is 8.78 Å². The number of nitrogens with zero attached hydrogens (tertiary/aromatic N) is 1. The summed E-state index contributed by atoms with van der Waals surface area (Å²) < 4.78 is 25.2. The summed E-state index contributed by atoms with van der Waals surface area (Å²) >= 11 is 2.05. The molecule has 0 aromatic rings. The first-order valence-electron chi connectivity index (χ1n) is 3.23. The average Bonchev–Trinajstić information content (AvgIpc) is 1.79. The molecule has 0 aromatic heterocycles. The van der Waals surface area contributed by atoms with Gasteiger partial charge in [-0.25, -0.2) is 8.78 Å². The van der Waals surface area contributed by atoms with Gasteiger partial charge in [-0.15, -0.1) is 0 Å². The van der Waals surface area contributed by atoms with Crippen LogP contribution in [-0.2, 0) is 0 Å². The van der Waals surface area contributed by atoms with E-state index < -0.39 is 5.92 Å². The van der Waals surface area contributed by atoms with Gasteiger partial charge in [0, 0.05) is 19.4 Å². The molecule has 0 aliphatic carbocycles. The van der Waals surface area contributed by atoms with Gasteiger partial charge in [0.15, 0.2) is 0 Å². The van der Waals surface area contributed by atoms with Crippen LogP contribution in [0, 0.1) is 0 Å². The van der Waals surface area contributed by atoms with Crippen LogP contribution in [0.2, 0.25) is 0 Å². The zero-order valence-corrected chi connectivity index (χ0v) is 7.94.